The normalized spacial score (nSPS) is 11.4. The Morgan fingerprint density at radius 2 is 1.69 bits per heavy atom. The molecule has 1 aromatic heterocycles. The molecule has 0 unspecified atom stereocenters. The predicted molar refractivity (Wildman–Crippen MR) is 108 cm³/mol. The van der Waals surface area contributed by atoms with Gasteiger partial charge in [-0.1, -0.05) is 31.2 Å². The quantitative estimate of drug-likeness (QED) is 0.553. The van der Waals surface area contributed by atoms with Crippen molar-refractivity contribution in [1.82, 2.24) is 15.6 Å². The van der Waals surface area contributed by atoms with E-state index in [4.69, 9.17) is 4.42 Å². The molecule has 2 amide bonds. The smallest absolute Gasteiger partial charge is 0.305 e. The lowest BCUT2D eigenvalue weighted by atomic mass is 10.1. The fourth-order valence-electron chi connectivity index (χ4n) is 2.91. The summed E-state index contributed by atoms with van der Waals surface area (Å²) in [7, 11) is -3.71. The van der Waals surface area contributed by atoms with Crippen LogP contribution in [0.25, 0.3) is 11.0 Å². The largest absolute Gasteiger partial charge is 0.451 e. The van der Waals surface area contributed by atoms with Gasteiger partial charge in [-0.15, -0.1) is 0 Å². The van der Waals surface area contributed by atoms with Gasteiger partial charge in [-0.25, -0.2) is 13.1 Å². The molecule has 3 N–H and O–H groups in total. The molecule has 0 spiro atoms. The minimum absolute atomic E-state index is 0.0328. The van der Waals surface area contributed by atoms with Crippen molar-refractivity contribution in [3.63, 3.8) is 0 Å². The fraction of sp³-hybridized carbons (Fsp3) is 0.200. The molecule has 8 nitrogen and oxygen atoms in total. The van der Waals surface area contributed by atoms with Crippen LogP contribution in [0.1, 0.15) is 39.0 Å². The maximum absolute atomic E-state index is 12.5. The number of fused-ring (bicyclic) bond motifs is 1. The van der Waals surface area contributed by atoms with Crippen LogP contribution in [-0.4, -0.2) is 26.8 Å². The SMILES string of the molecule is CCNS(=O)(=O)c1ccc(C)c(C(=O)NNC(=O)c2oc3ccccc3c2C)c1. The van der Waals surface area contributed by atoms with E-state index in [1.807, 2.05) is 12.1 Å². The predicted octanol–water partition coefficient (Wildman–Crippen LogP) is 2.42. The lowest BCUT2D eigenvalue weighted by Crippen LogP contribution is -2.42. The van der Waals surface area contributed by atoms with Crippen molar-refractivity contribution >= 4 is 32.8 Å². The second-order valence-electron chi connectivity index (χ2n) is 6.44. The summed E-state index contributed by atoms with van der Waals surface area (Å²) in [6, 6.07) is 11.4. The van der Waals surface area contributed by atoms with Gasteiger partial charge in [0.1, 0.15) is 5.58 Å². The van der Waals surface area contributed by atoms with Gasteiger partial charge in [0.15, 0.2) is 5.76 Å². The standard InChI is InChI=1S/C20H21N3O5S/c1-4-21-29(26,27)14-10-9-12(2)16(11-14)19(24)22-23-20(25)18-13(3)15-7-5-6-8-17(15)28-18/h5-11,21H,4H2,1-3H3,(H,22,24)(H,23,25). The van der Waals surface area contributed by atoms with Crippen molar-refractivity contribution in [3.05, 3.63) is 64.9 Å². The maximum Gasteiger partial charge on any atom is 0.305 e. The van der Waals surface area contributed by atoms with Crippen LogP contribution >= 0.6 is 0 Å². The van der Waals surface area contributed by atoms with E-state index in [0.29, 0.717) is 16.7 Å². The molecule has 0 fully saturated rings. The van der Waals surface area contributed by atoms with Crippen LogP contribution in [0.3, 0.4) is 0 Å². The number of carbonyl (C=O) groups excluding carboxylic acids is 2. The van der Waals surface area contributed by atoms with Crippen LogP contribution in [0, 0.1) is 13.8 Å². The molecule has 0 aliphatic carbocycles. The zero-order valence-corrected chi connectivity index (χ0v) is 17.0. The minimum atomic E-state index is -3.71. The molecule has 2 aromatic carbocycles. The van der Waals surface area contributed by atoms with Crippen molar-refractivity contribution in [3.8, 4) is 0 Å². The summed E-state index contributed by atoms with van der Waals surface area (Å²) in [5, 5.41) is 0.807. The van der Waals surface area contributed by atoms with Crippen LogP contribution < -0.4 is 15.6 Å². The number of amides is 2. The number of benzene rings is 2. The van der Waals surface area contributed by atoms with E-state index in [1.54, 1.807) is 32.9 Å². The molecule has 3 aromatic rings. The highest BCUT2D eigenvalue weighted by Gasteiger charge is 2.20. The molecule has 0 saturated carbocycles. The molecular weight excluding hydrogens is 394 g/mol. The first-order valence-corrected chi connectivity index (χ1v) is 10.4. The van der Waals surface area contributed by atoms with Crippen molar-refractivity contribution in [2.45, 2.75) is 25.7 Å². The summed E-state index contributed by atoms with van der Waals surface area (Å²) in [6.45, 7) is 5.31. The number of furan rings is 1. The molecule has 0 aliphatic heterocycles. The van der Waals surface area contributed by atoms with E-state index in [-0.39, 0.29) is 22.8 Å². The van der Waals surface area contributed by atoms with E-state index in [2.05, 4.69) is 15.6 Å². The summed E-state index contributed by atoms with van der Waals surface area (Å²) >= 11 is 0. The van der Waals surface area contributed by atoms with Gasteiger partial charge >= 0.3 is 5.91 Å². The lowest BCUT2D eigenvalue weighted by Gasteiger charge is -2.11. The summed E-state index contributed by atoms with van der Waals surface area (Å²) < 4.78 is 32.3. The van der Waals surface area contributed by atoms with Crippen LogP contribution in [0.2, 0.25) is 0 Å². The Kier molecular flexibility index (Phi) is 5.71. The number of hydrogen-bond donors (Lipinski definition) is 3. The van der Waals surface area contributed by atoms with Gasteiger partial charge in [0.25, 0.3) is 5.91 Å². The van der Waals surface area contributed by atoms with E-state index in [9.17, 15) is 18.0 Å². The van der Waals surface area contributed by atoms with Crippen molar-refractivity contribution < 1.29 is 22.4 Å². The monoisotopic (exact) mass is 415 g/mol. The highest BCUT2D eigenvalue weighted by atomic mass is 32.2. The van der Waals surface area contributed by atoms with Gasteiger partial charge in [-0.2, -0.15) is 0 Å². The topological polar surface area (TPSA) is 118 Å². The number of nitrogens with one attached hydrogen (secondary N) is 3. The first-order valence-electron chi connectivity index (χ1n) is 8.93. The molecule has 0 atom stereocenters. The molecule has 0 aliphatic rings. The summed E-state index contributed by atoms with van der Waals surface area (Å²) in [6.07, 6.45) is 0. The molecule has 29 heavy (non-hydrogen) atoms. The molecule has 0 radical (unpaired) electrons. The molecule has 0 saturated heterocycles. The van der Waals surface area contributed by atoms with Gasteiger partial charge in [0.2, 0.25) is 10.0 Å². The average Bonchev–Trinajstić information content (AvgIpc) is 3.03. The van der Waals surface area contributed by atoms with Gasteiger partial charge in [0.05, 0.1) is 4.90 Å². The second kappa shape index (κ2) is 8.06. The van der Waals surface area contributed by atoms with Crippen molar-refractivity contribution in [2.24, 2.45) is 0 Å². The average molecular weight is 415 g/mol. The Hall–Kier alpha value is -3.17. The number of carbonyl (C=O) groups is 2. The number of hydrogen-bond acceptors (Lipinski definition) is 5. The van der Waals surface area contributed by atoms with Crippen LogP contribution in [0.15, 0.2) is 51.8 Å². The van der Waals surface area contributed by atoms with E-state index < -0.39 is 21.8 Å². The van der Waals surface area contributed by atoms with E-state index in [0.717, 1.165) is 5.39 Å². The van der Waals surface area contributed by atoms with Crippen LogP contribution in [-0.2, 0) is 10.0 Å². The number of para-hydroxylation sites is 1. The zero-order chi connectivity index (χ0) is 21.2. The maximum atomic E-state index is 12.5. The van der Waals surface area contributed by atoms with Crippen molar-refractivity contribution in [2.75, 3.05) is 6.54 Å². The van der Waals surface area contributed by atoms with Crippen LogP contribution in [0.4, 0.5) is 0 Å². The Labute approximate surface area is 168 Å². The van der Waals surface area contributed by atoms with Gasteiger partial charge in [-0.3, -0.25) is 20.4 Å². The van der Waals surface area contributed by atoms with Gasteiger partial charge in [-0.05, 0) is 37.6 Å². The molecule has 0 bridgehead atoms. The Morgan fingerprint density at radius 3 is 2.38 bits per heavy atom. The van der Waals surface area contributed by atoms with Gasteiger partial charge < -0.3 is 4.42 Å². The second-order valence-corrected chi connectivity index (χ2v) is 8.21. The molecule has 152 valence electrons. The summed E-state index contributed by atoms with van der Waals surface area (Å²) in [5.74, 6) is -1.16. The number of rotatable bonds is 5. The molecule has 3 rings (SSSR count). The molecule has 9 heteroatoms. The van der Waals surface area contributed by atoms with Crippen molar-refractivity contribution in [1.29, 1.82) is 0 Å². The Balaban J connectivity index is 1.78. The first kappa shape index (κ1) is 20.6. The number of aryl methyl sites for hydroxylation is 2. The molecule has 1 heterocycles. The fourth-order valence-corrected chi connectivity index (χ4v) is 3.98. The number of hydrazine groups is 1. The third-order valence-corrected chi connectivity index (χ3v) is 5.98. The van der Waals surface area contributed by atoms with Crippen LogP contribution in [0.5, 0.6) is 0 Å². The third kappa shape index (κ3) is 4.15. The Morgan fingerprint density at radius 1 is 1.00 bits per heavy atom. The molecular formula is C20H21N3O5S. The lowest BCUT2D eigenvalue weighted by molar-refractivity contribution is 0.0831. The number of sulfonamides is 1. The third-order valence-electron chi connectivity index (χ3n) is 4.44. The first-order chi connectivity index (χ1) is 13.7. The Bertz CT molecular complexity index is 1200. The summed E-state index contributed by atoms with van der Waals surface area (Å²) in [4.78, 5) is 24.9. The van der Waals surface area contributed by atoms with E-state index in [1.165, 1.54) is 18.2 Å². The van der Waals surface area contributed by atoms with Gasteiger partial charge in [0, 0.05) is 23.1 Å². The highest BCUT2D eigenvalue weighted by Crippen LogP contribution is 2.24. The minimum Gasteiger partial charge on any atom is -0.451 e. The van der Waals surface area contributed by atoms with E-state index >= 15 is 0 Å². The highest BCUT2D eigenvalue weighted by molar-refractivity contribution is 7.89. The summed E-state index contributed by atoms with van der Waals surface area (Å²) in [5.41, 5.74) is 6.53. The zero-order valence-electron chi connectivity index (χ0n) is 16.2.